The molecule has 0 atom stereocenters. The smallest absolute Gasteiger partial charge is 0.260 e. The summed E-state index contributed by atoms with van der Waals surface area (Å²) >= 11 is 0. The van der Waals surface area contributed by atoms with Crippen LogP contribution < -0.4 is 0 Å². The molecule has 0 bridgehead atoms. The lowest BCUT2D eigenvalue weighted by Gasteiger charge is -2.38. The highest BCUT2D eigenvalue weighted by atomic mass is 16.2. The fourth-order valence-electron chi connectivity index (χ4n) is 6.22. The van der Waals surface area contributed by atoms with Gasteiger partial charge >= 0.3 is 0 Å². The van der Waals surface area contributed by atoms with E-state index in [2.05, 4.69) is 11.8 Å². The number of carbonyl (C=O) groups excluding carboxylic acids is 4. The Morgan fingerprint density at radius 3 is 1.44 bits per heavy atom. The van der Waals surface area contributed by atoms with Crippen molar-refractivity contribution in [2.75, 3.05) is 32.7 Å². The van der Waals surface area contributed by atoms with Crippen LogP contribution in [0.1, 0.15) is 105 Å². The maximum Gasteiger partial charge on any atom is 0.260 e. The summed E-state index contributed by atoms with van der Waals surface area (Å²) in [6, 6.07) is 14.8. The highest BCUT2D eigenvalue weighted by Gasteiger charge is 2.45. The summed E-state index contributed by atoms with van der Waals surface area (Å²) in [5.74, 6) is -0.740. The number of hydrogen-bond acceptors (Lipinski definition) is 5. The zero-order valence-corrected chi connectivity index (χ0v) is 25.4. The third-order valence-electron chi connectivity index (χ3n) is 8.75. The van der Waals surface area contributed by atoms with Gasteiger partial charge in [0.25, 0.3) is 11.8 Å². The van der Waals surface area contributed by atoms with E-state index < -0.39 is 10.8 Å². The van der Waals surface area contributed by atoms with E-state index in [0.29, 0.717) is 37.1 Å². The Morgan fingerprint density at radius 1 is 0.585 bits per heavy atom. The first-order valence-electron chi connectivity index (χ1n) is 15.2. The fraction of sp³-hybridized carbons (Fsp3) is 0.529. The Bertz CT molecular complexity index is 1200. The fourth-order valence-corrected chi connectivity index (χ4v) is 6.22. The molecule has 0 saturated carbocycles. The van der Waals surface area contributed by atoms with E-state index in [9.17, 15) is 19.2 Å². The van der Waals surface area contributed by atoms with E-state index in [-0.39, 0.29) is 23.6 Å². The van der Waals surface area contributed by atoms with Gasteiger partial charge in [-0.05, 0) is 89.9 Å². The second-order valence-corrected chi connectivity index (χ2v) is 12.5. The zero-order valence-electron chi connectivity index (χ0n) is 25.4. The van der Waals surface area contributed by atoms with Crippen molar-refractivity contribution in [3.05, 3.63) is 70.8 Å². The molecule has 2 aromatic carbocycles. The van der Waals surface area contributed by atoms with Crippen molar-refractivity contribution in [1.82, 2.24) is 14.7 Å². The first-order valence-corrected chi connectivity index (χ1v) is 15.2. The third-order valence-corrected chi connectivity index (χ3v) is 8.75. The maximum atomic E-state index is 13.3. The lowest BCUT2D eigenvalue weighted by atomic mass is 9.77. The van der Waals surface area contributed by atoms with Crippen molar-refractivity contribution in [2.45, 2.75) is 84.0 Å². The van der Waals surface area contributed by atoms with Crippen LogP contribution in [-0.4, -0.2) is 71.1 Å². The molecule has 2 aliphatic rings. The average molecular weight is 560 g/mol. The van der Waals surface area contributed by atoms with Gasteiger partial charge in [0, 0.05) is 24.2 Å². The van der Waals surface area contributed by atoms with Gasteiger partial charge in [-0.2, -0.15) is 0 Å². The van der Waals surface area contributed by atoms with Gasteiger partial charge < -0.3 is 4.90 Å². The molecule has 41 heavy (non-hydrogen) atoms. The van der Waals surface area contributed by atoms with E-state index in [1.807, 2.05) is 76.2 Å². The Kier molecular flexibility index (Phi) is 9.48. The van der Waals surface area contributed by atoms with Gasteiger partial charge in [-0.3, -0.25) is 29.0 Å². The first kappa shape index (κ1) is 30.6. The van der Waals surface area contributed by atoms with Crippen LogP contribution in [0, 0.1) is 0 Å². The SMILES string of the molecule is CCCCCCN(CCCN1C(=O)c2ccccc2C(C)(C)C1=O)CCCN1C(=O)c2ccccc2C(C)(C)C1=O. The van der Waals surface area contributed by atoms with Crippen molar-refractivity contribution in [1.29, 1.82) is 0 Å². The van der Waals surface area contributed by atoms with Crippen LogP contribution in [0.2, 0.25) is 0 Å². The molecule has 220 valence electrons. The number of imide groups is 2. The molecule has 0 radical (unpaired) electrons. The molecule has 4 amide bonds. The van der Waals surface area contributed by atoms with E-state index >= 15 is 0 Å². The summed E-state index contributed by atoms with van der Waals surface area (Å²) in [5, 5.41) is 0. The maximum absolute atomic E-state index is 13.3. The van der Waals surface area contributed by atoms with E-state index in [0.717, 1.165) is 50.0 Å². The number of nitrogens with zero attached hydrogens (tertiary/aromatic N) is 3. The molecule has 7 nitrogen and oxygen atoms in total. The second kappa shape index (κ2) is 12.7. The number of amides is 4. The topological polar surface area (TPSA) is 78.0 Å². The molecule has 0 N–H and O–H groups in total. The van der Waals surface area contributed by atoms with Crippen molar-refractivity contribution in [3.8, 4) is 0 Å². The van der Waals surface area contributed by atoms with Crippen LogP contribution in [-0.2, 0) is 20.4 Å². The van der Waals surface area contributed by atoms with Crippen molar-refractivity contribution in [3.63, 3.8) is 0 Å². The minimum atomic E-state index is -0.746. The summed E-state index contributed by atoms with van der Waals surface area (Å²) in [6.45, 7) is 12.9. The van der Waals surface area contributed by atoms with Crippen LogP contribution >= 0.6 is 0 Å². The van der Waals surface area contributed by atoms with Gasteiger partial charge in [-0.1, -0.05) is 62.6 Å². The standard InChI is InChI=1S/C34H45N3O4/c1-6-7-8-13-20-35(21-14-23-36-29(38)25-16-9-11-18-27(25)33(2,3)31(36)40)22-15-24-37-30(39)26-17-10-12-19-28(26)34(4,5)32(37)41/h9-12,16-19H,6-8,13-15,20-24H2,1-5H3. The van der Waals surface area contributed by atoms with Gasteiger partial charge in [0.15, 0.2) is 0 Å². The van der Waals surface area contributed by atoms with Crippen LogP contribution in [0.15, 0.2) is 48.5 Å². The number of hydrogen-bond donors (Lipinski definition) is 0. The number of rotatable bonds is 13. The quantitative estimate of drug-likeness (QED) is 0.237. The number of carbonyl (C=O) groups is 4. The predicted molar refractivity (Wildman–Crippen MR) is 161 cm³/mol. The van der Waals surface area contributed by atoms with E-state index in [1.54, 1.807) is 0 Å². The largest absolute Gasteiger partial charge is 0.303 e. The van der Waals surface area contributed by atoms with Gasteiger partial charge in [0.2, 0.25) is 11.8 Å². The number of fused-ring (bicyclic) bond motifs is 2. The predicted octanol–water partition coefficient (Wildman–Crippen LogP) is 5.57. The minimum Gasteiger partial charge on any atom is -0.303 e. The first-order chi connectivity index (χ1) is 19.5. The second-order valence-electron chi connectivity index (χ2n) is 12.5. The zero-order chi connectivity index (χ0) is 29.8. The summed E-state index contributed by atoms with van der Waals surface area (Å²) in [4.78, 5) is 58.2. The molecular weight excluding hydrogens is 514 g/mol. The highest BCUT2D eigenvalue weighted by molar-refractivity contribution is 6.13. The van der Waals surface area contributed by atoms with Gasteiger partial charge in [-0.15, -0.1) is 0 Å². The number of benzene rings is 2. The van der Waals surface area contributed by atoms with Crippen LogP contribution in [0.5, 0.6) is 0 Å². The van der Waals surface area contributed by atoms with Crippen molar-refractivity contribution < 1.29 is 19.2 Å². The molecule has 2 aromatic rings. The molecule has 0 fully saturated rings. The summed E-state index contributed by atoms with van der Waals surface area (Å²) in [6.07, 6.45) is 5.90. The molecule has 0 aliphatic carbocycles. The van der Waals surface area contributed by atoms with Crippen LogP contribution in [0.3, 0.4) is 0 Å². The van der Waals surface area contributed by atoms with Crippen LogP contribution in [0.4, 0.5) is 0 Å². The molecule has 0 aromatic heterocycles. The Balaban J connectivity index is 1.38. The summed E-state index contributed by atoms with van der Waals surface area (Å²) < 4.78 is 0. The van der Waals surface area contributed by atoms with Gasteiger partial charge in [0.05, 0.1) is 10.8 Å². The normalized spacial score (nSPS) is 17.7. The third kappa shape index (κ3) is 6.15. The molecule has 0 spiro atoms. The molecule has 0 unspecified atom stereocenters. The van der Waals surface area contributed by atoms with Crippen molar-refractivity contribution in [2.24, 2.45) is 0 Å². The molecule has 0 saturated heterocycles. The minimum absolute atomic E-state index is 0.152. The van der Waals surface area contributed by atoms with Crippen LogP contribution in [0.25, 0.3) is 0 Å². The monoisotopic (exact) mass is 559 g/mol. The van der Waals surface area contributed by atoms with Crippen molar-refractivity contribution >= 4 is 23.6 Å². The molecular formula is C34H45N3O4. The Labute approximate surface area is 244 Å². The summed E-state index contributed by atoms with van der Waals surface area (Å²) in [7, 11) is 0. The average Bonchev–Trinajstić information content (AvgIpc) is 2.96. The van der Waals surface area contributed by atoms with Gasteiger partial charge in [0.1, 0.15) is 0 Å². The van der Waals surface area contributed by atoms with Gasteiger partial charge in [-0.25, -0.2) is 0 Å². The molecule has 4 rings (SSSR count). The van der Waals surface area contributed by atoms with E-state index in [4.69, 9.17) is 0 Å². The summed E-state index contributed by atoms with van der Waals surface area (Å²) in [5.41, 5.74) is 1.30. The lowest BCUT2D eigenvalue weighted by Crippen LogP contribution is -2.52. The highest BCUT2D eigenvalue weighted by Crippen LogP contribution is 2.35. The molecule has 7 heteroatoms. The Hall–Kier alpha value is -3.32. The Morgan fingerprint density at radius 2 is 1.00 bits per heavy atom. The molecule has 2 aliphatic heterocycles. The molecule has 2 heterocycles. The van der Waals surface area contributed by atoms with E-state index in [1.165, 1.54) is 16.2 Å². The lowest BCUT2D eigenvalue weighted by molar-refractivity contribution is -0.135. The number of unbranched alkanes of at least 4 members (excludes halogenated alkanes) is 3.